The molecule has 0 aromatic heterocycles. The number of nitrogens with zero attached hydrogens (tertiary/aromatic N) is 1. The van der Waals surface area contributed by atoms with Gasteiger partial charge in [0.2, 0.25) is 0 Å². The van der Waals surface area contributed by atoms with Gasteiger partial charge in [0.05, 0.1) is 10.6 Å². The number of hydrogen-bond donors (Lipinski definition) is 0. The number of halogens is 3. The third-order valence-corrected chi connectivity index (χ3v) is 6.61. The van der Waals surface area contributed by atoms with E-state index < -0.39 is 0 Å². The van der Waals surface area contributed by atoms with Gasteiger partial charge in [-0.25, -0.2) is 0 Å². The Balaban J connectivity index is 1.45. The van der Waals surface area contributed by atoms with E-state index in [0.29, 0.717) is 42.3 Å². The first-order valence-corrected chi connectivity index (χ1v) is 11.5. The number of hydrogen-bond acceptors (Lipinski definition) is 4. The summed E-state index contributed by atoms with van der Waals surface area (Å²) in [5.41, 5.74) is 2.41. The second kappa shape index (κ2) is 9.63. The zero-order chi connectivity index (χ0) is 22.0. The zero-order valence-electron chi connectivity index (χ0n) is 15.8. The summed E-state index contributed by atoms with van der Waals surface area (Å²) in [4.78, 5) is 14.9. The predicted octanol–water partition coefficient (Wildman–Crippen LogP) is 7.63. The predicted molar refractivity (Wildman–Crippen MR) is 134 cm³/mol. The third-order valence-electron chi connectivity index (χ3n) is 4.47. The summed E-state index contributed by atoms with van der Waals surface area (Å²) >= 11 is 24.7. The molecule has 0 atom stereocenters. The first-order chi connectivity index (χ1) is 14.9. The summed E-state index contributed by atoms with van der Waals surface area (Å²) in [6, 6.07) is 19.8. The highest BCUT2D eigenvalue weighted by molar-refractivity contribution is 8.27. The number of rotatable bonds is 5. The molecule has 0 bridgehead atoms. The fourth-order valence-electron chi connectivity index (χ4n) is 2.89. The van der Waals surface area contributed by atoms with Crippen LogP contribution >= 0.6 is 58.8 Å². The van der Waals surface area contributed by atoms with Crippen molar-refractivity contribution >= 4 is 80.8 Å². The van der Waals surface area contributed by atoms with Crippen molar-refractivity contribution < 1.29 is 9.53 Å². The van der Waals surface area contributed by atoms with E-state index in [0.717, 1.165) is 11.1 Å². The molecule has 0 aliphatic carbocycles. The molecule has 0 saturated carbocycles. The minimum Gasteiger partial charge on any atom is -0.489 e. The van der Waals surface area contributed by atoms with Crippen LogP contribution in [0.25, 0.3) is 6.08 Å². The van der Waals surface area contributed by atoms with Gasteiger partial charge in [-0.2, -0.15) is 0 Å². The van der Waals surface area contributed by atoms with E-state index in [1.165, 1.54) is 16.7 Å². The summed E-state index contributed by atoms with van der Waals surface area (Å²) < 4.78 is 6.28. The maximum atomic E-state index is 12.9. The van der Waals surface area contributed by atoms with Crippen molar-refractivity contribution in [2.45, 2.75) is 6.61 Å². The molecule has 1 aliphatic heterocycles. The van der Waals surface area contributed by atoms with Crippen LogP contribution in [-0.4, -0.2) is 10.2 Å². The Kier molecular flexibility index (Phi) is 6.89. The van der Waals surface area contributed by atoms with Crippen molar-refractivity contribution in [1.82, 2.24) is 0 Å². The maximum absolute atomic E-state index is 12.9. The van der Waals surface area contributed by atoms with E-state index in [2.05, 4.69) is 0 Å². The molecule has 3 nitrogen and oxygen atoms in total. The van der Waals surface area contributed by atoms with Crippen molar-refractivity contribution in [3.63, 3.8) is 0 Å². The van der Waals surface area contributed by atoms with Crippen molar-refractivity contribution in [3.8, 4) is 5.75 Å². The molecule has 3 aromatic carbocycles. The lowest BCUT2D eigenvalue weighted by Gasteiger charge is -2.14. The molecule has 31 heavy (non-hydrogen) atoms. The average molecular weight is 507 g/mol. The van der Waals surface area contributed by atoms with Crippen LogP contribution < -0.4 is 9.64 Å². The second-order valence-electron chi connectivity index (χ2n) is 6.59. The van der Waals surface area contributed by atoms with Crippen LogP contribution in [0.15, 0.2) is 71.6 Å². The van der Waals surface area contributed by atoms with Crippen LogP contribution in [0.4, 0.5) is 5.69 Å². The standard InChI is InChI=1S/C23H14Cl3NO2S2/c24-16-5-7-18(8-6-16)27-22(28)21(31-23(27)30)11-14-1-9-19(10-2-14)29-13-15-3-4-17(25)12-20(15)26/h1-12H,13H2/b21-11+. The highest BCUT2D eigenvalue weighted by Gasteiger charge is 2.33. The fourth-order valence-corrected chi connectivity index (χ4v) is 4.78. The maximum Gasteiger partial charge on any atom is 0.270 e. The quantitative estimate of drug-likeness (QED) is 0.263. The molecule has 1 aliphatic rings. The molecule has 3 aromatic rings. The first-order valence-electron chi connectivity index (χ1n) is 9.11. The van der Waals surface area contributed by atoms with Gasteiger partial charge in [-0.3, -0.25) is 9.69 Å². The van der Waals surface area contributed by atoms with Gasteiger partial charge in [-0.05, 0) is 60.2 Å². The lowest BCUT2D eigenvalue weighted by Crippen LogP contribution is -2.27. The Morgan fingerprint density at radius 1 is 0.935 bits per heavy atom. The van der Waals surface area contributed by atoms with Gasteiger partial charge < -0.3 is 4.74 Å². The van der Waals surface area contributed by atoms with Crippen molar-refractivity contribution in [3.05, 3.63) is 97.8 Å². The number of thiocarbonyl (C=S) groups is 1. The lowest BCUT2D eigenvalue weighted by atomic mass is 10.2. The van der Waals surface area contributed by atoms with Crippen LogP contribution in [0.3, 0.4) is 0 Å². The van der Waals surface area contributed by atoms with E-state index >= 15 is 0 Å². The molecule has 4 rings (SSSR count). The molecule has 0 spiro atoms. The molecule has 156 valence electrons. The van der Waals surface area contributed by atoms with Crippen LogP contribution in [0.1, 0.15) is 11.1 Å². The molecule has 0 radical (unpaired) electrons. The number of anilines is 1. The Morgan fingerprint density at radius 2 is 1.61 bits per heavy atom. The molecule has 1 saturated heterocycles. The van der Waals surface area contributed by atoms with Crippen LogP contribution in [-0.2, 0) is 11.4 Å². The van der Waals surface area contributed by atoms with Crippen LogP contribution in [0.5, 0.6) is 5.75 Å². The Hall–Kier alpha value is -2.02. The minimum atomic E-state index is -0.157. The summed E-state index contributed by atoms with van der Waals surface area (Å²) in [7, 11) is 0. The summed E-state index contributed by atoms with van der Waals surface area (Å²) in [6.07, 6.45) is 1.81. The van der Waals surface area contributed by atoms with E-state index in [1.54, 1.807) is 36.4 Å². The van der Waals surface area contributed by atoms with Gasteiger partial charge >= 0.3 is 0 Å². The smallest absolute Gasteiger partial charge is 0.270 e. The van der Waals surface area contributed by atoms with Gasteiger partial charge in [0, 0.05) is 20.6 Å². The van der Waals surface area contributed by atoms with Crippen molar-refractivity contribution in [2.24, 2.45) is 0 Å². The van der Waals surface area contributed by atoms with Gasteiger partial charge in [0.25, 0.3) is 5.91 Å². The highest BCUT2D eigenvalue weighted by atomic mass is 35.5. The van der Waals surface area contributed by atoms with Crippen LogP contribution in [0, 0.1) is 0 Å². The summed E-state index contributed by atoms with van der Waals surface area (Å²) in [5.74, 6) is 0.534. The zero-order valence-corrected chi connectivity index (χ0v) is 19.8. The number of ether oxygens (including phenoxy) is 1. The topological polar surface area (TPSA) is 29.5 Å². The number of thioether (sulfide) groups is 1. The van der Waals surface area contributed by atoms with Crippen LogP contribution in [0.2, 0.25) is 15.1 Å². The summed E-state index contributed by atoms with van der Waals surface area (Å²) in [6.45, 7) is 0.328. The molecular formula is C23H14Cl3NO2S2. The van der Waals surface area contributed by atoms with Crippen molar-refractivity contribution in [2.75, 3.05) is 4.90 Å². The SMILES string of the molecule is O=C1/C(=C\c2ccc(OCc3ccc(Cl)cc3Cl)cc2)SC(=S)N1c1ccc(Cl)cc1. The van der Waals surface area contributed by atoms with Gasteiger partial charge in [-0.1, -0.05) is 77.0 Å². The Labute approximate surface area is 204 Å². The second-order valence-corrected chi connectivity index (χ2v) is 9.54. The van der Waals surface area contributed by atoms with E-state index in [-0.39, 0.29) is 5.91 Å². The molecule has 0 unspecified atom stereocenters. The fraction of sp³-hybridized carbons (Fsp3) is 0.0435. The molecule has 0 N–H and O–H groups in total. The monoisotopic (exact) mass is 505 g/mol. The number of carbonyl (C=O) groups is 1. The van der Waals surface area contributed by atoms with E-state index in [4.69, 9.17) is 51.8 Å². The summed E-state index contributed by atoms with van der Waals surface area (Å²) in [5, 5.41) is 1.75. The molecule has 1 amide bonds. The first kappa shape index (κ1) is 22.2. The third kappa shape index (κ3) is 5.25. The van der Waals surface area contributed by atoms with E-state index in [1.807, 2.05) is 36.4 Å². The number of carbonyl (C=O) groups excluding carboxylic acids is 1. The Bertz CT molecular complexity index is 1180. The molecular weight excluding hydrogens is 493 g/mol. The molecule has 1 heterocycles. The largest absolute Gasteiger partial charge is 0.489 e. The van der Waals surface area contributed by atoms with E-state index in [9.17, 15) is 4.79 Å². The Morgan fingerprint density at radius 3 is 2.29 bits per heavy atom. The lowest BCUT2D eigenvalue weighted by molar-refractivity contribution is -0.113. The van der Waals surface area contributed by atoms with Gasteiger partial charge in [-0.15, -0.1) is 0 Å². The minimum absolute atomic E-state index is 0.157. The van der Waals surface area contributed by atoms with Gasteiger partial charge in [0.1, 0.15) is 12.4 Å². The van der Waals surface area contributed by atoms with Crippen molar-refractivity contribution in [1.29, 1.82) is 0 Å². The molecule has 8 heteroatoms. The average Bonchev–Trinajstić information content (AvgIpc) is 3.02. The number of amides is 1. The highest BCUT2D eigenvalue weighted by Crippen LogP contribution is 2.36. The normalized spacial score (nSPS) is 15.1. The molecule has 1 fully saturated rings. The number of benzene rings is 3. The van der Waals surface area contributed by atoms with Gasteiger partial charge in [0.15, 0.2) is 4.32 Å².